The third-order valence-corrected chi connectivity index (χ3v) is 2.88. The minimum absolute atomic E-state index is 0.599. The maximum absolute atomic E-state index is 6.02. The molecule has 0 saturated heterocycles. The monoisotopic (exact) mass is 215 g/mol. The van der Waals surface area contributed by atoms with Gasteiger partial charge in [-0.3, -0.25) is 0 Å². The number of anilines is 1. The van der Waals surface area contributed by atoms with Gasteiger partial charge in [0.15, 0.2) is 5.16 Å². The van der Waals surface area contributed by atoms with Crippen LogP contribution in [0.1, 0.15) is 12.0 Å². The number of rotatable bonds is 1. The Morgan fingerprint density at radius 2 is 2.31 bits per heavy atom. The number of fused-ring (bicyclic) bond motifs is 1. The predicted molar refractivity (Wildman–Crippen MR) is 55.6 cm³/mol. The van der Waals surface area contributed by atoms with Crippen LogP contribution in [0.3, 0.4) is 0 Å². The number of halogens is 1. The van der Waals surface area contributed by atoms with E-state index in [9.17, 15) is 0 Å². The molecule has 0 amide bonds. The number of thioether (sulfide) groups is 1. The van der Waals surface area contributed by atoms with E-state index in [4.69, 9.17) is 11.6 Å². The van der Waals surface area contributed by atoms with Gasteiger partial charge < -0.3 is 5.32 Å². The van der Waals surface area contributed by atoms with Crippen molar-refractivity contribution < 1.29 is 0 Å². The Kier molecular flexibility index (Phi) is 2.60. The molecule has 0 aliphatic carbocycles. The summed E-state index contributed by atoms with van der Waals surface area (Å²) in [6, 6.07) is 0. The SMILES string of the molecule is CSc1nc(Cl)c2c(n1)NCCC2. The van der Waals surface area contributed by atoms with Crippen molar-refractivity contribution in [2.24, 2.45) is 0 Å². The molecular formula is C8H10ClN3S. The summed E-state index contributed by atoms with van der Waals surface area (Å²) in [7, 11) is 0. The number of hydrogen-bond donors (Lipinski definition) is 1. The molecule has 1 N–H and O–H groups in total. The van der Waals surface area contributed by atoms with Crippen LogP contribution in [0.4, 0.5) is 5.82 Å². The fourth-order valence-electron chi connectivity index (χ4n) is 1.37. The largest absolute Gasteiger partial charge is 0.370 e. The van der Waals surface area contributed by atoms with Crippen LogP contribution in [0.15, 0.2) is 5.16 Å². The summed E-state index contributed by atoms with van der Waals surface area (Å²) >= 11 is 7.53. The highest BCUT2D eigenvalue weighted by Gasteiger charge is 2.15. The third-order valence-electron chi connectivity index (χ3n) is 2.01. The Balaban J connectivity index is 2.47. The van der Waals surface area contributed by atoms with Gasteiger partial charge in [-0.1, -0.05) is 23.4 Å². The quantitative estimate of drug-likeness (QED) is 0.443. The van der Waals surface area contributed by atoms with Gasteiger partial charge in [-0.2, -0.15) is 0 Å². The first-order chi connectivity index (χ1) is 6.31. The highest BCUT2D eigenvalue weighted by Crippen LogP contribution is 2.27. The van der Waals surface area contributed by atoms with Gasteiger partial charge in [0.05, 0.1) is 0 Å². The first-order valence-electron chi connectivity index (χ1n) is 4.15. The van der Waals surface area contributed by atoms with Crippen molar-refractivity contribution in [2.45, 2.75) is 18.0 Å². The second-order valence-corrected chi connectivity index (χ2v) is 3.99. The average Bonchev–Trinajstić information content (AvgIpc) is 2.18. The lowest BCUT2D eigenvalue weighted by molar-refractivity contribution is 0.789. The molecule has 2 heterocycles. The molecule has 2 rings (SSSR count). The Bertz CT molecular complexity index is 329. The summed E-state index contributed by atoms with van der Waals surface area (Å²) in [4.78, 5) is 8.53. The van der Waals surface area contributed by atoms with Crippen LogP contribution in [0.25, 0.3) is 0 Å². The van der Waals surface area contributed by atoms with Crippen LogP contribution in [-0.2, 0) is 6.42 Å². The first-order valence-corrected chi connectivity index (χ1v) is 5.76. The molecule has 5 heteroatoms. The van der Waals surface area contributed by atoms with Gasteiger partial charge in [-0.15, -0.1) is 0 Å². The van der Waals surface area contributed by atoms with Gasteiger partial charge >= 0.3 is 0 Å². The summed E-state index contributed by atoms with van der Waals surface area (Å²) in [6.45, 7) is 0.980. The van der Waals surface area contributed by atoms with Gasteiger partial charge in [-0.25, -0.2) is 9.97 Å². The molecule has 0 atom stereocenters. The molecule has 0 radical (unpaired) electrons. The zero-order chi connectivity index (χ0) is 9.26. The molecule has 0 fully saturated rings. The molecule has 0 aromatic carbocycles. The normalized spacial score (nSPS) is 14.9. The minimum Gasteiger partial charge on any atom is -0.370 e. The van der Waals surface area contributed by atoms with E-state index in [1.807, 2.05) is 6.26 Å². The summed E-state index contributed by atoms with van der Waals surface area (Å²) in [5.41, 5.74) is 1.06. The van der Waals surface area contributed by atoms with E-state index in [0.717, 1.165) is 35.9 Å². The van der Waals surface area contributed by atoms with Crippen molar-refractivity contribution in [3.05, 3.63) is 10.7 Å². The van der Waals surface area contributed by atoms with E-state index in [1.165, 1.54) is 11.8 Å². The lowest BCUT2D eigenvalue weighted by Gasteiger charge is -2.17. The smallest absolute Gasteiger partial charge is 0.190 e. The summed E-state index contributed by atoms with van der Waals surface area (Å²) in [5, 5.41) is 4.56. The van der Waals surface area contributed by atoms with Crippen LogP contribution in [-0.4, -0.2) is 22.8 Å². The second-order valence-electron chi connectivity index (χ2n) is 2.86. The van der Waals surface area contributed by atoms with Crippen LogP contribution in [0, 0.1) is 0 Å². The standard InChI is InChI=1S/C8H10ClN3S/c1-13-8-11-6(9)5-3-2-4-10-7(5)12-8/h2-4H2,1H3,(H,10,11,12). The fourth-order valence-corrected chi connectivity index (χ4v) is 2.05. The van der Waals surface area contributed by atoms with Crippen molar-refractivity contribution in [3.63, 3.8) is 0 Å². The van der Waals surface area contributed by atoms with E-state index >= 15 is 0 Å². The summed E-state index contributed by atoms with van der Waals surface area (Å²) in [6.07, 6.45) is 4.03. The molecule has 13 heavy (non-hydrogen) atoms. The Labute approximate surface area is 86.3 Å². The van der Waals surface area contributed by atoms with E-state index in [2.05, 4.69) is 15.3 Å². The Hall–Kier alpha value is -0.480. The number of nitrogens with one attached hydrogen (secondary N) is 1. The van der Waals surface area contributed by atoms with Crippen molar-refractivity contribution in [1.82, 2.24) is 9.97 Å². The highest BCUT2D eigenvalue weighted by atomic mass is 35.5. The highest BCUT2D eigenvalue weighted by molar-refractivity contribution is 7.98. The maximum Gasteiger partial charge on any atom is 0.190 e. The van der Waals surface area contributed by atoms with Crippen molar-refractivity contribution in [2.75, 3.05) is 18.1 Å². The minimum atomic E-state index is 0.599. The van der Waals surface area contributed by atoms with Crippen LogP contribution in [0.5, 0.6) is 0 Å². The molecule has 1 aliphatic rings. The average molecular weight is 216 g/mol. The van der Waals surface area contributed by atoms with Crippen molar-refractivity contribution >= 4 is 29.2 Å². The molecule has 0 unspecified atom stereocenters. The molecule has 0 saturated carbocycles. The Morgan fingerprint density at radius 3 is 3.08 bits per heavy atom. The zero-order valence-corrected chi connectivity index (χ0v) is 8.87. The van der Waals surface area contributed by atoms with Gasteiger partial charge in [0, 0.05) is 12.1 Å². The van der Waals surface area contributed by atoms with E-state index in [0.29, 0.717) is 5.15 Å². The molecule has 0 spiro atoms. The van der Waals surface area contributed by atoms with Gasteiger partial charge in [-0.05, 0) is 19.1 Å². The van der Waals surface area contributed by atoms with Crippen molar-refractivity contribution in [3.8, 4) is 0 Å². The summed E-state index contributed by atoms with van der Waals surface area (Å²) in [5.74, 6) is 0.913. The lowest BCUT2D eigenvalue weighted by Crippen LogP contribution is -2.14. The van der Waals surface area contributed by atoms with Crippen LogP contribution in [0.2, 0.25) is 5.15 Å². The van der Waals surface area contributed by atoms with Crippen LogP contribution < -0.4 is 5.32 Å². The molecule has 0 bridgehead atoms. The van der Waals surface area contributed by atoms with Gasteiger partial charge in [0.25, 0.3) is 0 Å². The van der Waals surface area contributed by atoms with Crippen molar-refractivity contribution in [1.29, 1.82) is 0 Å². The number of nitrogens with zero attached hydrogens (tertiary/aromatic N) is 2. The van der Waals surface area contributed by atoms with E-state index in [-0.39, 0.29) is 0 Å². The topological polar surface area (TPSA) is 37.8 Å². The Morgan fingerprint density at radius 1 is 1.46 bits per heavy atom. The molecular weight excluding hydrogens is 206 g/mol. The van der Waals surface area contributed by atoms with E-state index in [1.54, 1.807) is 0 Å². The molecule has 70 valence electrons. The van der Waals surface area contributed by atoms with E-state index < -0.39 is 0 Å². The van der Waals surface area contributed by atoms with Gasteiger partial charge in [0.1, 0.15) is 11.0 Å². The summed E-state index contributed by atoms with van der Waals surface area (Å²) < 4.78 is 0. The molecule has 1 aromatic heterocycles. The fraction of sp³-hybridized carbons (Fsp3) is 0.500. The van der Waals surface area contributed by atoms with Gasteiger partial charge in [0.2, 0.25) is 0 Å². The molecule has 1 aliphatic heterocycles. The zero-order valence-electron chi connectivity index (χ0n) is 7.30. The number of aromatic nitrogens is 2. The first kappa shape index (κ1) is 9.09. The third kappa shape index (κ3) is 1.74. The lowest BCUT2D eigenvalue weighted by atomic mass is 10.1. The molecule has 1 aromatic rings. The number of hydrogen-bond acceptors (Lipinski definition) is 4. The maximum atomic E-state index is 6.02. The predicted octanol–water partition coefficient (Wildman–Crippen LogP) is 2.21. The molecule has 3 nitrogen and oxygen atoms in total. The van der Waals surface area contributed by atoms with Crippen LogP contribution >= 0.6 is 23.4 Å². The second kappa shape index (κ2) is 3.72.